The predicted octanol–water partition coefficient (Wildman–Crippen LogP) is 12.8. The SMILES string of the molecule is CN=Cc1cc(Br)cc(C(C)(C)c2ccccc2)c1O.CN=Cc1cc(Br)cc(C(C)(C)c2ccccc2)c1O.[CH2-]c1ccccc1.[CH2-]c1ccccc1.[Hf]. The summed E-state index contributed by atoms with van der Waals surface area (Å²) in [7, 11) is 3.39. The summed E-state index contributed by atoms with van der Waals surface area (Å²) in [6, 6.07) is 47.8. The van der Waals surface area contributed by atoms with Crippen LogP contribution in [-0.2, 0) is 36.7 Å². The van der Waals surface area contributed by atoms with Gasteiger partial charge >= 0.3 is 0 Å². The van der Waals surface area contributed by atoms with Crippen molar-refractivity contribution in [1.29, 1.82) is 0 Å². The summed E-state index contributed by atoms with van der Waals surface area (Å²) in [6.07, 6.45) is 3.34. The first-order valence-corrected chi connectivity index (χ1v) is 19.1. The average Bonchev–Trinajstić information content (AvgIpc) is 3.16. The molecule has 0 amide bonds. The van der Waals surface area contributed by atoms with Crippen molar-refractivity contribution >= 4 is 44.3 Å². The summed E-state index contributed by atoms with van der Waals surface area (Å²) >= 11 is 7.02. The molecule has 0 fully saturated rings. The van der Waals surface area contributed by atoms with E-state index in [4.69, 9.17) is 0 Å². The monoisotopic (exact) mass is 1020 g/mol. The van der Waals surface area contributed by atoms with E-state index in [9.17, 15) is 10.2 Å². The number of benzene rings is 6. The summed E-state index contributed by atoms with van der Waals surface area (Å²) < 4.78 is 1.87. The van der Waals surface area contributed by atoms with E-state index in [2.05, 4.69) is 108 Å². The molecule has 0 spiro atoms. The Balaban J connectivity index is 0.000000278. The van der Waals surface area contributed by atoms with Crippen molar-refractivity contribution in [3.8, 4) is 11.5 Å². The van der Waals surface area contributed by atoms with Gasteiger partial charge in [-0.25, -0.2) is 0 Å². The fourth-order valence-corrected chi connectivity index (χ4v) is 6.60. The van der Waals surface area contributed by atoms with Gasteiger partial charge in [0.15, 0.2) is 0 Å². The molecule has 0 bridgehead atoms. The molecule has 0 aromatic heterocycles. The Morgan fingerprint density at radius 1 is 0.491 bits per heavy atom. The molecule has 0 saturated heterocycles. The van der Waals surface area contributed by atoms with E-state index in [0.29, 0.717) is 0 Å². The Labute approximate surface area is 364 Å². The molecule has 7 heteroatoms. The van der Waals surface area contributed by atoms with Crippen molar-refractivity contribution in [1.82, 2.24) is 0 Å². The van der Waals surface area contributed by atoms with Crippen LogP contribution in [0, 0.1) is 13.8 Å². The second-order valence-electron chi connectivity index (χ2n) is 13.5. The predicted molar refractivity (Wildman–Crippen MR) is 238 cm³/mol. The molecule has 4 nitrogen and oxygen atoms in total. The third kappa shape index (κ3) is 14.1. The third-order valence-electron chi connectivity index (χ3n) is 8.77. The summed E-state index contributed by atoms with van der Waals surface area (Å²) in [5.74, 6) is 0.570. The molecule has 0 aliphatic carbocycles. The first-order chi connectivity index (χ1) is 25.7. The molecule has 6 rings (SSSR count). The Bertz CT molecular complexity index is 1930. The molecular formula is C48H50Br2HfN2O2-2. The van der Waals surface area contributed by atoms with Gasteiger partial charge in [-0.15, -0.1) is 24.3 Å². The zero-order valence-electron chi connectivity index (χ0n) is 32.5. The number of halogens is 2. The van der Waals surface area contributed by atoms with E-state index in [1.165, 1.54) is 0 Å². The Morgan fingerprint density at radius 3 is 1.00 bits per heavy atom. The van der Waals surface area contributed by atoms with Gasteiger partial charge in [-0.2, -0.15) is 49.2 Å². The first-order valence-electron chi connectivity index (χ1n) is 17.5. The van der Waals surface area contributed by atoms with Crippen LogP contribution < -0.4 is 0 Å². The number of hydrogen-bond donors (Lipinski definition) is 2. The maximum Gasteiger partial charge on any atom is 0.128 e. The minimum absolute atomic E-state index is 0. The van der Waals surface area contributed by atoms with Crippen molar-refractivity contribution in [3.63, 3.8) is 0 Å². The minimum Gasteiger partial charge on any atom is -0.507 e. The van der Waals surface area contributed by atoms with Crippen LogP contribution in [0.2, 0.25) is 0 Å². The van der Waals surface area contributed by atoms with Crippen LogP contribution in [-0.4, -0.2) is 36.7 Å². The van der Waals surface area contributed by atoms with E-state index in [-0.39, 0.29) is 48.2 Å². The van der Waals surface area contributed by atoms with Crippen molar-refractivity contribution in [2.24, 2.45) is 9.98 Å². The van der Waals surface area contributed by atoms with Crippen molar-refractivity contribution < 1.29 is 36.1 Å². The van der Waals surface area contributed by atoms with Gasteiger partial charge < -0.3 is 10.2 Å². The molecule has 2 N–H and O–H groups in total. The van der Waals surface area contributed by atoms with Crippen molar-refractivity contribution in [2.75, 3.05) is 14.1 Å². The molecule has 55 heavy (non-hydrogen) atoms. The normalized spacial score (nSPS) is 10.9. The minimum atomic E-state index is -0.286. The van der Waals surface area contributed by atoms with Gasteiger partial charge in [-0.3, -0.25) is 9.98 Å². The molecule has 0 unspecified atom stereocenters. The molecule has 0 aliphatic heterocycles. The topological polar surface area (TPSA) is 65.2 Å². The molecule has 0 radical (unpaired) electrons. The average molecular weight is 1030 g/mol. The fourth-order valence-electron chi connectivity index (χ4n) is 5.65. The van der Waals surface area contributed by atoms with Crippen LogP contribution in [0.5, 0.6) is 11.5 Å². The van der Waals surface area contributed by atoms with Crippen LogP contribution >= 0.6 is 31.9 Å². The largest absolute Gasteiger partial charge is 0.507 e. The standard InChI is InChI=1S/2C17H18BrNO.2C7H7.Hf/c2*1-17(2,13-7-5-4-6-8-13)15-10-14(18)9-12(11-19-3)16(15)20;2*1-7-5-3-2-4-6-7;/h2*4-11,20H,1-3H3;2*2-6H,1H2;/q;;2*-1;. The second-order valence-corrected chi connectivity index (χ2v) is 15.3. The number of nitrogens with zero attached hydrogens (tertiary/aromatic N) is 2. The van der Waals surface area contributed by atoms with Crippen LogP contribution in [0.3, 0.4) is 0 Å². The smallest absolute Gasteiger partial charge is 0.128 e. The Morgan fingerprint density at radius 2 is 0.764 bits per heavy atom. The van der Waals surface area contributed by atoms with Gasteiger partial charge in [-0.1, -0.05) is 132 Å². The van der Waals surface area contributed by atoms with Crippen LogP contribution in [0.1, 0.15) is 72.2 Å². The molecule has 284 valence electrons. The van der Waals surface area contributed by atoms with Gasteiger partial charge in [0, 0.05) is 94.4 Å². The molecule has 0 saturated carbocycles. The molecule has 0 atom stereocenters. The van der Waals surface area contributed by atoms with Crippen molar-refractivity contribution in [2.45, 2.75) is 38.5 Å². The van der Waals surface area contributed by atoms with Gasteiger partial charge in [-0.05, 0) is 35.4 Å². The van der Waals surface area contributed by atoms with E-state index in [0.717, 1.165) is 53.5 Å². The maximum absolute atomic E-state index is 10.5. The van der Waals surface area contributed by atoms with E-state index in [1.807, 2.05) is 121 Å². The van der Waals surface area contributed by atoms with E-state index >= 15 is 0 Å². The maximum atomic E-state index is 10.5. The second kappa shape index (κ2) is 23.0. The molecule has 0 heterocycles. The number of rotatable bonds is 6. The van der Waals surface area contributed by atoms with Gasteiger partial charge in [0.05, 0.1) is 0 Å². The number of aliphatic imine (C=N–C) groups is 2. The first kappa shape index (κ1) is 47.0. The molecular weight excluding hydrogens is 975 g/mol. The van der Waals surface area contributed by atoms with E-state index < -0.39 is 0 Å². The molecule has 6 aromatic rings. The third-order valence-corrected chi connectivity index (χ3v) is 9.68. The van der Waals surface area contributed by atoms with Crippen LogP contribution in [0.15, 0.2) is 165 Å². The molecule has 6 aromatic carbocycles. The van der Waals surface area contributed by atoms with Gasteiger partial charge in [0.1, 0.15) is 11.5 Å². The van der Waals surface area contributed by atoms with E-state index in [1.54, 1.807) is 26.5 Å². The zero-order valence-corrected chi connectivity index (χ0v) is 39.2. The summed E-state index contributed by atoms with van der Waals surface area (Å²) in [4.78, 5) is 8.00. The molecule has 0 aliphatic rings. The number of phenolic OH excluding ortho intramolecular Hbond substituents is 2. The summed E-state index contributed by atoms with van der Waals surface area (Å²) in [5.41, 5.74) is 7.10. The number of phenols is 2. The van der Waals surface area contributed by atoms with Crippen molar-refractivity contribution in [3.05, 3.63) is 213 Å². The van der Waals surface area contributed by atoms with Gasteiger partial charge in [0.25, 0.3) is 0 Å². The zero-order chi connectivity index (χ0) is 39.7. The number of hydrogen-bond acceptors (Lipinski definition) is 4. The summed E-state index contributed by atoms with van der Waals surface area (Å²) in [6.45, 7) is 15.9. The Kier molecular flexibility index (Phi) is 19.7. The van der Waals surface area contributed by atoms with Gasteiger partial charge in [0.2, 0.25) is 0 Å². The quantitative estimate of drug-likeness (QED) is 0.0992. The number of aromatic hydroxyl groups is 2. The van der Waals surface area contributed by atoms with Crippen LogP contribution in [0.25, 0.3) is 0 Å². The Hall–Kier alpha value is -4.17. The van der Waals surface area contributed by atoms with Crippen LogP contribution in [0.4, 0.5) is 0 Å². The fraction of sp³-hybridized carbons (Fsp3) is 0.167. The summed E-state index contributed by atoms with van der Waals surface area (Å²) in [5, 5.41) is 21.1.